The first-order chi connectivity index (χ1) is 30.3. The van der Waals surface area contributed by atoms with Gasteiger partial charge in [-0.15, -0.1) is 12.3 Å². The first-order valence-corrected chi connectivity index (χ1v) is 21.4. The van der Waals surface area contributed by atoms with Crippen LogP contribution in [0.3, 0.4) is 0 Å². The predicted molar refractivity (Wildman–Crippen MR) is 230 cm³/mol. The molecule has 0 saturated carbocycles. The van der Waals surface area contributed by atoms with E-state index in [0.717, 1.165) is 5.56 Å². The van der Waals surface area contributed by atoms with Gasteiger partial charge in [0.2, 0.25) is 5.91 Å². The topological polar surface area (TPSA) is 282 Å². The smallest absolute Gasteiger partial charge is 0.362 e. The Morgan fingerprint density at radius 3 is 2.35 bits per heavy atom. The van der Waals surface area contributed by atoms with E-state index >= 15 is 0 Å². The van der Waals surface area contributed by atoms with Crippen LogP contribution < -0.4 is 26.8 Å². The average Bonchev–Trinajstić information content (AvgIpc) is 3.85. The Bertz CT molecular complexity index is 2530. The Balaban J connectivity index is 0.983. The summed E-state index contributed by atoms with van der Waals surface area (Å²) in [5, 5.41) is 17.0. The number of unbranched alkanes of at least 4 members (excludes halogenated alkanes) is 2. The Hall–Kier alpha value is -6.60. The van der Waals surface area contributed by atoms with Crippen molar-refractivity contribution < 1.29 is 46.4 Å². The van der Waals surface area contributed by atoms with E-state index in [4.69, 9.17) is 31.5 Å². The lowest BCUT2D eigenvalue weighted by molar-refractivity contribution is -0.120. The third-order valence-corrected chi connectivity index (χ3v) is 10.9. The van der Waals surface area contributed by atoms with E-state index in [1.165, 1.54) is 17.2 Å². The number of rotatable bonds is 21. The summed E-state index contributed by atoms with van der Waals surface area (Å²) in [6.45, 7) is -0.318. The number of imidazole rings is 1. The van der Waals surface area contributed by atoms with E-state index in [-0.39, 0.29) is 54.2 Å². The number of nitrogens with two attached hydrogens (primary N) is 2. The summed E-state index contributed by atoms with van der Waals surface area (Å²) >= 11 is 0. The number of hydrogen-bond donors (Lipinski definition) is 6. The number of amides is 3. The minimum Gasteiger partial charge on any atom is -0.387 e. The van der Waals surface area contributed by atoms with Gasteiger partial charge in [0.15, 0.2) is 23.5 Å². The third kappa shape index (κ3) is 12.3. The molecule has 19 nitrogen and oxygen atoms in total. The molecule has 0 radical (unpaired) electrons. The Labute approximate surface area is 363 Å². The van der Waals surface area contributed by atoms with Crippen LogP contribution in [-0.2, 0) is 40.0 Å². The molecule has 0 bridgehead atoms. The molecular weight excluding hydrogens is 835 g/mol. The molecule has 1 fully saturated rings. The molecule has 3 aromatic carbocycles. The summed E-state index contributed by atoms with van der Waals surface area (Å²) in [4.78, 5) is 63.1. The molecule has 63 heavy (non-hydrogen) atoms. The molecule has 0 aliphatic carbocycles. The first kappa shape index (κ1) is 45.9. The highest BCUT2D eigenvalue weighted by atomic mass is 32.2. The number of terminal acetylenes is 1. The van der Waals surface area contributed by atoms with E-state index in [9.17, 15) is 32.7 Å². The van der Waals surface area contributed by atoms with Crippen LogP contribution in [0.4, 0.5) is 11.5 Å². The van der Waals surface area contributed by atoms with Gasteiger partial charge in [-0.25, -0.2) is 19.7 Å². The van der Waals surface area contributed by atoms with Crippen LogP contribution in [0.2, 0.25) is 0 Å². The monoisotopic (exact) mass is 881 g/mol. The van der Waals surface area contributed by atoms with Crippen LogP contribution >= 0.6 is 0 Å². The second-order valence-corrected chi connectivity index (χ2v) is 15.9. The normalized spacial score (nSPS) is 17.7. The standard InChI is InChI=1S/C43H47N9O10S/c1-2-3-5-12-34(53)50-31-19-17-29(18-20-31)36(54)28-13-15-30(16-14-28)41(56)46-21-8-9-22-60-38-37(55)33(62-43(38)52-26-49-35-39(45)47-25-48-40(35)52)24-61-63(58,59)51-42(57)32(44)23-27-10-6-4-7-11-27/h1,4,6-7,10-11,13-20,25-26,32-33,37-38,43,55H,3,5,8-9,12,21-24,44H2,(H,46,56)(H,50,53)(H,51,57)(H2,45,47,48)/t32-,33+,37+,38+,43+/m0/s1. The van der Waals surface area contributed by atoms with Gasteiger partial charge in [0.05, 0.1) is 19.0 Å². The van der Waals surface area contributed by atoms with Gasteiger partial charge >= 0.3 is 10.3 Å². The number of aliphatic hydroxyl groups is 1. The highest BCUT2D eigenvalue weighted by molar-refractivity contribution is 7.85. The highest BCUT2D eigenvalue weighted by Crippen LogP contribution is 2.34. The van der Waals surface area contributed by atoms with E-state index < -0.39 is 53.4 Å². The van der Waals surface area contributed by atoms with Crippen molar-refractivity contribution in [1.29, 1.82) is 0 Å². The number of nitrogens with zero attached hydrogens (tertiary/aromatic N) is 4. The molecule has 1 aliphatic heterocycles. The number of ketones is 1. The average molecular weight is 882 g/mol. The number of benzene rings is 3. The number of ether oxygens (including phenoxy) is 2. The number of hydrogen-bond acceptors (Lipinski definition) is 15. The van der Waals surface area contributed by atoms with Crippen LogP contribution in [0.15, 0.2) is 91.5 Å². The summed E-state index contributed by atoms with van der Waals surface area (Å²) < 4.78 is 46.0. The third-order valence-electron chi connectivity index (χ3n) is 9.95. The fourth-order valence-corrected chi connectivity index (χ4v) is 7.40. The number of anilines is 2. The first-order valence-electron chi connectivity index (χ1n) is 20.0. The van der Waals surface area contributed by atoms with Crippen molar-refractivity contribution in [2.75, 3.05) is 30.8 Å². The largest absolute Gasteiger partial charge is 0.387 e. The van der Waals surface area contributed by atoms with Gasteiger partial charge in [-0.1, -0.05) is 42.5 Å². The molecule has 6 rings (SSSR count). The zero-order chi connectivity index (χ0) is 44.9. The van der Waals surface area contributed by atoms with Crippen molar-refractivity contribution in [3.63, 3.8) is 0 Å². The molecule has 330 valence electrons. The quantitative estimate of drug-likeness (QED) is 0.0350. The fourth-order valence-electron chi connectivity index (χ4n) is 6.63. The maximum atomic E-state index is 13.1. The Morgan fingerprint density at radius 1 is 0.937 bits per heavy atom. The second kappa shape index (κ2) is 21.5. The number of carbonyl (C=O) groups excluding carboxylic acids is 4. The number of nitrogens with one attached hydrogen (secondary N) is 3. The number of carbonyl (C=O) groups is 4. The zero-order valence-corrected chi connectivity index (χ0v) is 34.8. The van der Waals surface area contributed by atoms with Crippen molar-refractivity contribution in [3.8, 4) is 12.3 Å². The molecule has 5 aromatic rings. The Morgan fingerprint density at radius 2 is 1.63 bits per heavy atom. The van der Waals surface area contributed by atoms with E-state index in [0.29, 0.717) is 54.5 Å². The summed E-state index contributed by atoms with van der Waals surface area (Å²) in [5.74, 6) is 0.857. The number of aliphatic hydroxyl groups excluding tert-OH is 1. The number of aromatic nitrogens is 4. The van der Waals surface area contributed by atoms with Crippen molar-refractivity contribution in [2.24, 2.45) is 5.73 Å². The minimum atomic E-state index is -4.67. The second-order valence-electron chi connectivity index (χ2n) is 14.5. The van der Waals surface area contributed by atoms with Gasteiger partial charge < -0.3 is 36.7 Å². The maximum absolute atomic E-state index is 13.1. The van der Waals surface area contributed by atoms with Gasteiger partial charge in [0, 0.05) is 48.4 Å². The lowest BCUT2D eigenvalue weighted by atomic mass is 10.0. The van der Waals surface area contributed by atoms with Crippen LogP contribution in [-0.4, -0.2) is 101 Å². The van der Waals surface area contributed by atoms with Crippen LogP contribution in [0.1, 0.15) is 70.2 Å². The highest BCUT2D eigenvalue weighted by Gasteiger charge is 2.47. The molecule has 0 unspecified atom stereocenters. The van der Waals surface area contributed by atoms with Crippen molar-refractivity contribution in [1.82, 2.24) is 29.6 Å². The number of fused-ring (bicyclic) bond motifs is 1. The maximum Gasteiger partial charge on any atom is 0.362 e. The van der Waals surface area contributed by atoms with E-state index in [2.05, 4.69) is 31.5 Å². The van der Waals surface area contributed by atoms with Gasteiger partial charge in [0.25, 0.3) is 11.8 Å². The molecule has 5 atom stereocenters. The summed E-state index contributed by atoms with van der Waals surface area (Å²) in [7, 11) is -4.67. The van der Waals surface area contributed by atoms with Crippen LogP contribution in [0.5, 0.6) is 0 Å². The fraction of sp³-hybridized carbons (Fsp3) is 0.326. The summed E-state index contributed by atoms with van der Waals surface area (Å²) in [5.41, 5.74) is 14.9. The zero-order valence-electron chi connectivity index (χ0n) is 34.0. The molecular formula is C43H47N9O10S. The molecule has 3 amide bonds. The predicted octanol–water partition coefficient (Wildman–Crippen LogP) is 2.18. The van der Waals surface area contributed by atoms with Gasteiger partial charge in [0.1, 0.15) is 30.2 Å². The summed E-state index contributed by atoms with van der Waals surface area (Å²) in [6, 6.07) is 20.4. The molecule has 1 aliphatic rings. The van der Waals surface area contributed by atoms with Crippen molar-refractivity contribution in [3.05, 3.63) is 114 Å². The lowest BCUT2D eigenvalue weighted by Crippen LogP contribution is -2.46. The number of nitrogen functional groups attached to an aromatic ring is 1. The molecule has 2 aromatic heterocycles. The molecule has 0 spiro atoms. The molecule has 20 heteroatoms. The Kier molecular flexibility index (Phi) is 15.6. The van der Waals surface area contributed by atoms with Crippen LogP contribution in [0, 0.1) is 12.3 Å². The van der Waals surface area contributed by atoms with E-state index in [1.807, 2.05) is 0 Å². The van der Waals surface area contributed by atoms with E-state index in [1.54, 1.807) is 83.6 Å². The van der Waals surface area contributed by atoms with Crippen LogP contribution in [0.25, 0.3) is 11.2 Å². The molecule has 3 heterocycles. The van der Waals surface area contributed by atoms with Crippen molar-refractivity contribution >= 4 is 56.5 Å². The van der Waals surface area contributed by atoms with Crippen molar-refractivity contribution in [2.45, 2.75) is 69.1 Å². The SMILES string of the molecule is C#CCCCC(=O)Nc1ccc(C(=O)c2ccc(C(=O)NCCCCO[C@@H]3[C@H](O)[C@@H](COS(=O)(=O)NC(=O)[C@@H](N)Cc4ccccc4)O[C@H]3n3cnc4c(N)ncnc43)cc2)cc1. The van der Waals surface area contributed by atoms with Gasteiger partial charge in [-0.05, 0) is 67.6 Å². The molecule has 1 saturated heterocycles. The minimum absolute atomic E-state index is 0.0855. The lowest BCUT2D eigenvalue weighted by Gasteiger charge is -2.22. The molecule has 8 N–H and O–H groups in total. The summed E-state index contributed by atoms with van der Waals surface area (Å²) in [6.07, 6.45) is 5.41. The van der Waals surface area contributed by atoms with Gasteiger partial charge in [-0.2, -0.15) is 8.42 Å². The van der Waals surface area contributed by atoms with Gasteiger partial charge in [-0.3, -0.25) is 27.9 Å².